The third kappa shape index (κ3) is 5.81. The highest BCUT2D eigenvalue weighted by Crippen LogP contribution is 2.29. The Labute approximate surface area is 137 Å². The topological polar surface area (TPSA) is 171 Å². The van der Waals surface area contributed by atoms with E-state index in [0.717, 1.165) is 12.1 Å². The minimum atomic E-state index is -4.13. The Balaban J connectivity index is 2.83. The molecule has 0 aliphatic rings. The zero-order valence-corrected chi connectivity index (χ0v) is 13.6. The largest absolute Gasteiger partial charge is 0.477 e. The van der Waals surface area contributed by atoms with Gasteiger partial charge in [0, 0.05) is 12.1 Å². The van der Waals surface area contributed by atoms with Crippen LogP contribution in [-0.4, -0.2) is 37.9 Å². The number of sulfonamides is 1. The summed E-state index contributed by atoms with van der Waals surface area (Å²) in [6, 6.07) is 1.79. The molecule has 1 aromatic carbocycles. The SMILES string of the molecule is CC(C)NC(=O)NC(=O)COc1ccc(S(N)(=O)=O)cc1[N+](=O)[O-]. The van der Waals surface area contributed by atoms with E-state index in [1.807, 2.05) is 5.32 Å². The van der Waals surface area contributed by atoms with Gasteiger partial charge in [-0.3, -0.25) is 20.2 Å². The van der Waals surface area contributed by atoms with Crippen LogP contribution in [0.2, 0.25) is 0 Å². The molecule has 24 heavy (non-hydrogen) atoms. The van der Waals surface area contributed by atoms with Gasteiger partial charge in [-0.1, -0.05) is 0 Å². The number of hydrogen-bond acceptors (Lipinski definition) is 7. The lowest BCUT2D eigenvalue weighted by Crippen LogP contribution is -2.44. The predicted octanol–water partition coefficient (Wildman–Crippen LogP) is -0.145. The van der Waals surface area contributed by atoms with Gasteiger partial charge in [-0.2, -0.15) is 0 Å². The van der Waals surface area contributed by atoms with Crippen molar-refractivity contribution in [2.75, 3.05) is 6.61 Å². The number of imide groups is 1. The summed E-state index contributed by atoms with van der Waals surface area (Å²) in [7, 11) is -4.13. The summed E-state index contributed by atoms with van der Waals surface area (Å²) in [6.45, 7) is 2.70. The Morgan fingerprint density at radius 1 is 1.38 bits per heavy atom. The fourth-order valence-corrected chi connectivity index (χ4v) is 2.08. The number of rotatable bonds is 6. The number of primary sulfonamides is 1. The number of nitrogens with zero attached hydrogens (tertiary/aromatic N) is 1. The number of nitrogens with two attached hydrogens (primary N) is 1. The van der Waals surface area contributed by atoms with Gasteiger partial charge in [-0.25, -0.2) is 18.4 Å². The van der Waals surface area contributed by atoms with Crippen molar-refractivity contribution in [3.05, 3.63) is 28.3 Å². The molecular weight excluding hydrogens is 344 g/mol. The van der Waals surface area contributed by atoms with Crippen molar-refractivity contribution in [3.63, 3.8) is 0 Å². The second-order valence-corrected chi connectivity index (χ2v) is 6.46. The standard InChI is InChI=1S/C12H16N4O7S/c1-7(2)14-12(18)15-11(17)6-23-10-4-3-8(24(13,21)22)5-9(10)16(19)20/h3-5,7H,6H2,1-2H3,(H2,13,21,22)(H2,14,15,17,18). The maximum absolute atomic E-state index is 11.5. The van der Waals surface area contributed by atoms with E-state index in [-0.39, 0.29) is 11.8 Å². The Kier molecular flexibility index (Phi) is 6.20. The molecule has 132 valence electrons. The second kappa shape index (κ2) is 7.70. The maximum atomic E-state index is 11.5. The lowest BCUT2D eigenvalue weighted by atomic mass is 10.3. The number of hydrogen-bond donors (Lipinski definition) is 3. The molecule has 0 unspecified atom stereocenters. The highest BCUT2D eigenvalue weighted by atomic mass is 32.2. The van der Waals surface area contributed by atoms with Crippen LogP contribution in [0.15, 0.2) is 23.1 Å². The van der Waals surface area contributed by atoms with E-state index in [2.05, 4.69) is 5.32 Å². The van der Waals surface area contributed by atoms with E-state index in [9.17, 15) is 28.1 Å². The molecule has 1 rings (SSSR count). The lowest BCUT2D eigenvalue weighted by Gasteiger charge is -2.10. The molecule has 12 heteroatoms. The van der Waals surface area contributed by atoms with Gasteiger partial charge in [0.2, 0.25) is 10.0 Å². The average Bonchev–Trinajstić information content (AvgIpc) is 2.42. The lowest BCUT2D eigenvalue weighted by molar-refractivity contribution is -0.386. The number of carbonyl (C=O) groups excluding carboxylic acids is 2. The predicted molar refractivity (Wildman–Crippen MR) is 81.8 cm³/mol. The summed E-state index contributed by atoms with van der Waals surface area (Å²) < 4.78 is 27.4. The first-order valence-electron chi connectivity index (χ1n) is 6.55. The third-order valence-corrected chi connectivity index (χ3v) is 3.40. The number of carbonyl (C=O) groups is 2. The van der Waals surface area contributed by atoms with Crippen LogP contribution in [0.4, 0.5) is 10.5 Å². The summed E-state index contributed by atoms with van der Waals surface area (Å²) >= 11 is 0. The number of amides is 3. The first kappa shape index (κ1) is 19.3. The summed E-state index contributed by atoms with van der Waals surface area (Å²) in [4.78, 5) is 32.5. The van der Waals surface area contributed by atoms with Crippen LogP contribution in [0, 0.1) is 10.1 Å². The minimum Gasteiger partial charge on any atom is -0.477 e. The summed E-state index contributed by atoms with van der Waals surface area (Å²) in [5, 5.41) is 20.2. The molecule has 0 atom stereocenters. The summed E-state index contributed by atoms with van der Waals surface area (Å²) in [5.74, 6) is -1.18. The second-order valence-electron chi connectivity index (χ2n) is 4.90. The zero-order valence-electron chi connectivity index (χ0n) is 12.8. The smallest absolute Gasteiger partial charge is 0.321 e. The highest BCUT2D eigenvalue weighted by Gasteiger charge is 2.21. The van der Waals surface area contributed by atoms with Gasteiger partial charge in [0.05, 0.1) is 9.82 Å². The number of nitro groups is 1. The average molecular weight is 360 g/mol. The molecule has 3 amide bonds. The minimum absolute atomic E-state index is 0.189. The number of ether oxygens (including phenoxy) is 1. The van der Waals surface area contributed by atoms with Gasteiger partial charge in [-0.05, 0) is 26.0 Å². The zero-order chi connectivity index (χ0) is 18.5. The molecule has 11 nitrogen and oxygen atoms in total. The fourth-order valence-electron chi connectivity index (χ4n) is 1.54. The van der Waals surface area contributed by atoms with Gasteiger partial charge >= 0.3 is 11.7 Å². The van der Waals surface area contributed by atoms with Crippen molar-refractivity contribution < 1.29 is 27.7 Å². The Bertz CT molecular complexity index is 761. The van der Waals surface area contributed by atoms with Crippen LogP contribution in [0.1, 0.15) is 13.8 Å². The van der Waals surface area contributed by atoms with Crippen LogP contribution in [0.5, 0.6) is 5.75 Å². The molecule has 0 aromatic heterocycles. The maximum Gasteiger partial charge on any atom is 0.321 e. The molecule has 0 bridgehead atoms. The quantitative estimate of drug-likeness (QED) is 0.467. The summed E-state index contributed by atoms with van der Waals surface area (Å²) in [6.07, 6.45) is 0. The van der Waals surface area contributed by atoms with E-state index in [4.69, 9.17) is 9.88 Å². The van der Waals surface area contributed by atoms with Gasteiger partial charge in [-0.15, -0.1) is 0 Å². The Morgan fingerprint density at radius 2 is 2.00 bits per heavy atom. The van der Waals surface area contributed by atoms with Gasteiger partial charge in [0.15, 0.2) is 12.4 Å². The Hall–Kier alpha value is -2.73. The molecular formula is C12H16N4O7S. The molecule has 0 saturated carbocycles. The highest BCUT2D eigenvalue weighted by molar-refractivity contribution is 7.89. The van der Waals surface area contributed by atoms with Crippen molar-refractivity contribution in [3.8, 4) is 5.75 Å². The van der Waals surface area contributed by atoms with Crippen molar-refractivity contribution in [1.29, 1.82) is 0 Å². The molecule has 1 aromatic rings. The van der Waals surface area contributed by atoms with Crippen LogP contribution >= 0.6 is 0 Å². The molecule has 0 radical (unpaired) electrons. The van der Waals surface area contributed by atoms with Gasteiger partial charge in [0.25, 0.3) is 5.91 Å². The fraction of sp³-hybridized carbons (Fsp3) is 0.333. The molecule has 0 aliphatic carbocycles. The molecule has 0 aliphatic heterocycles. The third-order valence-electron chi connectivity index (χ3n) is 2.49. The van der Waals surface area contributed by atoms with Gasteiger partial charge in [0.1, 0.15) is 0 Å². The number of urea groups is 1. The van der Waals surface area contributed by atoms with Crippen LogP contribution in [-0.2, 0) is 14.8 Å². The molecule has 0 spiro atoms. The van der Waals surface area contributed by atoms with Crippen LogP contribution in [0.3, 0.4) is 0 Å². The van der Waals surface area contributed by atoms with E-state index in [1.165, 1.54) is 0 Å². The monoisotopic (exact) mass is 360 g/mol. The Morgan fingerprint density at radius 3 is 2.50 bits per heavy atom. The van der Waals surface area contributed by atoms with Gasteiger partial charge < -0.3 is 10.1 Å². The normalized spacial score (nSPS) is 11.0. The molecule has 4 N–H and O–H groups in total. The molecule has 0 saturated heterocycles. The van der Waals surface area contributed by atoms with Crippen molar-refractivity contribution in [2.45, 2.75) is 24.8 Å². The number of nitrogens with one attached hydrogen (secondary N) is 2. The summed E-state index contributed by atoms with van der Waals surface area (Å²) in [5.41, 5.74) is -0.680. The van der Waals surface area contributed by atoms with E-state index < -0.39 is 44.1 Å². The van der Waals surface area contributed by atoms with Crippen molar-refractivity contribution >= 4 is 27.6 Å². The van der Waals surface area contributed by atoms with Crippen LogP contribution < -0.4 is 20.5 Å². The van der Waals surface area contributed by atoms with Crippen molar-refractivity contribution in [2.24, 2.45) is 5.14 Å². The van der Waals surface area contributed by atoms with Crippen LogP contribution in [0.25, 0.3) is 0 Å². The number of benzene rings is 1. The first-order chi connectivity index (χ1) is 11.0. The molecule has 0 heterocycles. The molecule has 0 fully saturated rings. The van der Waals surface area contributed by atoms with Crippen molar-refractivity contribution in [1.82, 2.24) is 10.6 Å². The van der Waals surface area contributed by atoms with E-state index in [0.29, 0.717) is 6.07 Å². The first-order valence-corrected chi connectivity index (χ1v) is 8.09. The number of nitro benzene ring substituents is 1. The van der Waals surface area contributed by atoms with E-state index in [1.54, 1.807) is 13.8 Å². The van der Waals surface area contributed by atoms with E-state index >= 15 is 0 Å².